The minimum Gasteiger partial charge on any atom is -0.450 e. The first kappa shape index (κ1) is 17.8. The van der Waals surface area contributed by atoms with Gasteiger partial charge in [0.15, 0.2) is 5.09 Å². The smallest absolute Gasteiger partial charge is 0.269 e. The summed E-state index contributed by atoms with van der Waals surface area (Å²) in [5.74, 6) is 0.524. The maximum Gasteiger partial charge on any atom is 0.269 e. The van der Waals surface area contributed by atoms with Crippen molar-refractivity contribution in [1.29, 1.82) is 5.26 Å². The van der Waals surface area contributed by atoms with Crippen LogP contribution in [0.25, 0.3) is 11.6 Å². The predicted molar refractivity (Wildman–Crippen MR) is 101 cm³/mol. The van der Waals surface area contributed by atoms with Crippen LogP contribution in [0.15, 0.2) is 75.1 Å². The topological polar surface area (TPSA) is 80.1 Å². The number of nitriles is 1. The van der Waals surface area contributed by atoms with Crippen molar-refractivity contribution in [3.05, 3.63) is 87.1 Å². The number of hydrogen-bond donors (Lipinski definition) is 0. The highest BCUT2D eigenvalue weighted by molar-refractivity contribution is 7.99. The second-order valence-corrected chi connectivity index (χ2v) is 6.70. The van der Waals surface area contributed by atoms with E-state index >= 15 is 0 Å². The molecule has 3 aromatic rings. The van der Waals surface area contributed by atoms with E-state index in [1.807, 2.05) is 18.2 Å². The molecule has 2 aromatic carbocycles. The van der Waals surface area contributed by atoms with Crippen LogP contribution in [0.4, 0.5) is 5.69 Å². The van der Waals surface area contributed by atoms with Gasteiger partial charge in [-0.3, -0.25) is 10.1 Å². The SMILES string of the molecule is N#C/C(=C/c1ccc(Sc2ccc(Cl)cc2)o1)c1ccc([N+](=O)[O-])cc1. The van der Waals surface area contributed by atoms with Crippen LogP contribution < -0.4 is 0 Å². The van der Waals surface area contributed by atoms with Crippen molar-refractivity contribution in [1.82, 2.24) is 0 Å². The van der Waals surface area contributed by atoms with Crippen molar-refractivity contribution in [3.63, 3.8) is 0 Å². The van der Waals surface area contributed by atoms with Crippen LogP contribution in [0.3, 0.4) is 0 Å². The van der Waals surface area contributed by atoms with Crippen LogP contribution in [0.1, 0.15) is 11.3 Å². The fraction of sp³-hybridized carbons (Fsp3) is 0. The lowest BCUT2D eigenvalue weighted by atomic mass is 10.1. The van der Waals surface area contributed by atoms with Crippen molar-refractivity contribution in [2.75, 3.05) is 0 Å². The van der Waals surface area contributed by atoms with Crippen LogP contribution in [-0.4, -0.2) is 4.92 Å². The quantitative estimate of drug-likeness (QED) is 0.304. The van der Waals surface area contributed by atoms with Gasteiger partial charge in [0.1, 0.15) is 5.76 Å². The van der Waals surface area contributed by atoms with Gasteiger partial charge in [-0.1, -0.05) is 23.4 Å². The lowest BCUT2D eigenvalue weighted by molar-refractivity contribution is -0.384. The van der Waals surface area contributed by atoms with Crippen LogP contribution >= 0.6 is 23.4 Å². The van der Waals surface area contributed by atoms with E-state index in [0.717, 1.165) is 4.90 Å². The minimum absolute atomic E-state index is 0.0225. The number of rotatable bonds is 5. The third-order valence-corrected chi connectivity index (χ3v) is 4.61. The zero-order valence-corrected chi connectivity index (χ0v) is 14.8. The monoisotopic (exact) mass is 382 g/mol. The number of nitro groups is 1. The van der Waals surface area contributed by atoms with Crippen LogP contribution in [0.5, 0.6) is 0 Å². The van der Waals surface area contributed by atoms with E-state index in [4.69, 9.17) is 16.0 Å². The number of hydrogen-bond acceptors (Lipinski definition) is 5. The summed E-state index contributed by atoms with van der Waals surface area (Å²) in [6, 6.07) is 18.9. The molecule has 0 aliphatic heterocycles. The summed E-state index contributed by atoms with van der Waals surface area (Å²) in [6.07, 6.45) is 1.60. The lowest BCUT2D eigenvalue weighted by Crippen LogP contribution is -1.88. The zero-order chi connectivity index (χ0) is 18.5. The Kier molecular flexibility index (Phi) is 5.42. The number of allylic oxidation sites excluding steroid dienone is 1. The summed E-state index contributed by atoms with van der Waals surface area (Å²) >= 11 is 7.31. The number of halogens is 1. The molecule has 0 aliphatic carbocycles. The number of nitro benzene ring substituents is 1. The molecule has 0 atom stereocenters. The molecule has 7 heteroatoms. The fourth-order valence-electron chi connectivity index (χ4n) is 2.17. The molecule has 0 radical (unpaired) electrons. The highest BCUT2D eigenvalue weighted by Gasteiger charge is 2.09. The highest BCUT2D eigenvalue weighted by atomic mass is 35.5. The molecule has 0 saturated heterocycles. The van der Waals surface area contributed by atoms with E-state index in [9.17, 15) is 15.4 Å². The molecule has 1 heterocycles. The average Bonchev–Trinajstić information content (AvgIpc) is 3.09. The number of furan rings is 1. The Balaban J connectivity index is 1.79. The largest absolute Gasteiger partial charge is 0.450 e. The summed E-state index contributed by atoms with van der Waals surface area (Å²) in [5.41, 5.74) is 0.921. The summed E-state index contributed by atoms with van der Waals surface area (Å²) in [6.45, 7) is 0. The van der Waals surface area contributed by atoms with Crippen LogP contribution in [-0.2, 0) is 0 Å². The van der Waals surface area contributed by atoms with Crippen LogP contribution in [0.2, 0.25) is 5.02 Å². The van der Waals surface area contributed by atoms with Gasteiger partial charge in [-0.05, 0) is 60.2 Å². The summed E-state index contributed by atoms with van der Waals surface area (Å²) in [5, 5.41) is 21.4. The predicted octanol–water partition coefficient (Wildman–Crippen LogP) is 6.06. The molecule has 0 spiro atoms. The standard InChI is InChI=1S/C19H11ClN2O3S/c20-15-3-8-18(9-4-15)26-19-10-7-17(25-19)11-14(12-21)13-1-5-16(6-2-13)22(23)24/h1-11H/b14-11-. The van der Waals surface area contributed by atoms with Gasteiger partial charge in [0, 0.05) is 22.1 Å². The van der Waals surface area contributed by atoms with E-state index in [2.05, 4.69) is 6.07 Å². The third-order valence-electron chi connectivity index (χ3n) is 3.43. The van der Waals surface area contributed by atoms with E-state index in [0.29, 0.717) is 27.0 Å². The van der Waals surface area contributed by atoms with E-state index in [1.54, 1.807) is 36.4 Å². The molecule has 128 valence electrons. The molecule has 0 saturated carbocycles. The molecule has 26 heavy (non-hydrogen) atoms. The highest BCUT2D eigenvalue weighted by Crippen LogP contribution is 2.31. The average molecular weight is 383 g/mol. The van der Waals surface area contributed by atoms with Crippen molar-refractivity contribution in [2.24, 2.45) is 0 Å². The van der Waals surface area contributed by atoms with E-state index in [-0.39, 0.29) is 5.69 Å². The summed E-state index contributed by atoms with van der Waals surface area (Å²) in [7, 11) is 0. The van der Waals surface area contributed by atoms with Crippen molar-refractivity contribution in [2.45, 2.75) is 9.99 Å². The van der Waals surface area contributed by atoms with Gasteiger partial charge < -0.3 is 4.42 Å². The Morgan fingerprint density at radius 3 is 2.42 bits per heavy atom. The molecule has 1 aromatic heterocycles. The molecule has 0 fully saturated rings. The first-order valence-electron chi connectivity index (χ1n) is 7.45. The summed E-state index contributed by atoms with van der Waals surface area (Å²) < 4.78 is 5.73. The molecule has 0 amide bonds. The molecule has 0 unspecified atom stereocenters. The van der Waals surface area contributed by atoms with Crippen molar-refractivity contribution < 1.29 is 9.34 Å². The maximum absolute atomic E-state index is 10.7. The number of non-ortho nitro benzene ring substituents is 1. The van der Waals surface area contributed by atoms with E-state index < -0.39 is 4.92 Å². The molecule has 0 N–H and O–H groups in total. The number of benzene rings is 2. The Labute approximate surface area is 158 Å². The molecular weight excluding hydrogens is 372 g/mol. The summed E-state index contributed by atoms with van der Waals surface area (Å²) in [4.78, 5) is 11.2. The molecule has 0 aliphatic rings. The van der Waals surface area contributed by atoms with Gasteiger partial charge in [-0.2, -0.15) is 5.26 Å². The normalized spacial score (nSPS) is 11.2. The third kappa shape index (κ3) is 4.33. The molecule has 3 rings (SSSR count). The zero-order valence-electron chi connectivity index (χ0n) is 13.3. The molecular formula is C19H11ClN2O3S. The van der Waals surface area contributed by atoms with Crippen LogP contribution in [0, 0.1) is 21.4 Å². The Bertz CT molecular complexity index is 1000. The fourth-order valence-corrected chi connectivity index (χ4v) is 3.08. The Morgan fingerprint density at radius 2 is 1.81 bits per heavy atom. The second kappa shape index (κ2) is 7.91. The van der Waals surface area contributed by atoms with Crippen molar-refractivity contribution in [3.8, 4) is 6.07 Å². The Morgan fingerprint density at radius 1 is 1.12 bits per heavy atom. The Hall–Kier alpha value is -3.01. The lowest BCUT2D eigenvalue weighted by Gasteiger charge is -1.99. The van der Waals surface area contributed by atoms with Gasteiger partial charge in [0.25, 0.3) is 5.69 Å². The first-order chi connectivity index (χ1) is 12.5. The molecule has 0 bridgehead atoms. The van der Waals surface area contributed by atoms with Crippen molar-refractivity contribution >= 4 is 40.7 Å². The maximum atomic E-state index is 10.7. The second-order valence-electron chi connectivity index (χ2n) is 5.19. The minimum atomic E-state index is -0.480. The molecule has 5 nitrogen and oxygen atoms in total. The first-order valence-corrected chi connectivity index (χ1v) is 8.64. The van der Waals surface area contributed by atoms with Gasteiger partial charge in [0.05, 0.1) is 16.6 Å². The van der Waals surface area contributed by atoms with Gasteiger partial charge in [-0.25, -0.2) is 0 Å². The van der Waals surface area contributed by atoms with Gasteiger partial charge in [-0.15, -0.1) is 0 Å². The van der Waals surface area contributed by atoms with Gasteiger partial charge >= 0.3 is 0 Å². The van der Waals surface area contributed by atoms with Gasteiger partial charge in [0.2, 0.25) is 0 Å². The number of nitrogens with zero attached hydrogens (tertiary/aromatic N) is 2. The van der Waals surface area contributed by atoms with E-state index in [1.165, 1.54) is 23.9 Å².